The van der Waals surface area contributed by atoms with Gasteiger partial charge in [-0.05, 0) is 28.8 Å². The first-order valence-corrected chi connectivity index (χ1v) is 4.56. The highest BCUT2D eigenvalue weighted by atomic mass is 32.1. The van der Waals surface area contributed by atoms with Gasteiger partial charge in [0.2, 0.25) is 0 Å². The highest BCUT2D eigenvalue weighted by molar-refractivity contribution is 7.07. The van der Waals surface area contributed by atoms with E-state index in [1.807, 2.05) is 10.8 Å². The van der Waals surface area contributed by atoms with Crippen molar-refractivity contribution >= 4 is 17.3 Å². The average molecular weight is 186 g/mol. The zero-order valence-electron chi connectivity index (χ0n) is 6.43. The fourth-order valence-electron chi connectivity index (χ4n) is 0.891. The maximum absolute atomic E-state index is 10.2. The molecule has 0 amide bonds. The summed E-state index contributed by atoms with van der Waals surface area (Å²) in [6.07, 6.45) is -0.337. The number of carboxylic acid groups (broad SMARTS) is 1. The molecule has 0 bridgehead atoms. The molecule has 4 heteroatoms. The second-order valence-electron chi connectivity index (χ2n) is 2.50. The van der Waals surface area contributed by atoms with Gasteiger partial charge in [-0.3, -0.25) is 4.79 Å². The number of carboxylic acids is 1. The van der Waals surface area contributed by atoms with Crippen LogP contribution in [-0.4, -0.2) is 16.2 Å². The molecule has 1 rings (SSSR count). The molecule has 0 aromatic carbocycles. The van der Waals surface area contributed by atoms with E-state index in [0.29, 0.717) is 0 Å². The number of aliphatic hydroxyl groups excluding tert-OH is 1. The van der Waals surface area contributed by atoms with E-state index in [1.165, 1.54) is 11.3 Å². The molecule has 1 atom stereocenters. The Kier molecular flexibility index (Phi) is 3.25. The van der Waals surface area contributed by atoms with Crippen molar-refractivity contribution in [3.05, 3.63) is 22.4 Å². The van der Waals surface area contributed by atoms with Gasteiger partial charge in [-0.15, -0.1) is 0 Å². The Labute approximate surface area is 74.3 Å². The number of aliphatic carboxylic acids is 1. The van der Waals surface area contributed by atoms with Crippen LogP contribution in [0.5, 0.6) is 0 Å². The van der Waals surface area contributed by atoms with Crippen LogP contribution in [0.3, 0.4) is 0 Å². The van der Waals surface area contributed by atoms with Crippen molar-refractivity contribution in [2.24, 2.45) is 0 Å². The number of hydrogen-bond donors (Lipinski definition) is 2. The molecule has 66 valence electrons. The molecule has 2 N–H and O–H groups in total. The minimum Gasteiger partial charge on any atom is -0.481 e. The minimum absolute atomic E-state index is 0.0109. The van der Waals surface area contributed by atoms with E-state index < -0.39 is 12.1 Å². The van der Waals surface area contributed by atoms with Crippen LogP contribution >= 0.6 is 11.3 Å². The van der Waals surface area contributed by atoms with Gasteiger partial charge in [0.15, 0.2) is 0 Å². The second kappa shape index (κ2) is 4.23. The van der Waals surface area contributed by atoms with Gasteiger partial charge in [0.05, 0.1) is 6.10 Å². The van der Waals surface area contributed by atoms with Crippen LogP contribution in [0.15, 0.2) is 16.8 Å². The summed E-state index contributed by atoms with van der Waals surface area (Å²) in [6, 6.07) is 1.80. The fraction of sp³-hybridized carbons (Fsp3) is 0.375. The predicted octanol–water partition coefficient (Wildman–Crippen LogP) is 1.65. The van der Waals surface area contributed by atoms with E-state index in [-0.39, 0.29) is 12.8 Å². The van der Waals surface area contributed by atoms with Gasteiger partial charge in [-0.2, -0.15) is 11.3 Å². The molecule has 12 heavy (non-hydrogen) atoms. The quantitative estimate of drug-likeness (QED) is 0.751. The van der Waals surface area contributed by atoms with Gasteiger partial charge < -0.3 is 10.2 Å². The molecule has 0 saturated carbocycles. The predicted molar refractivity (Wildman–Crippen MR) is 46.1 cm³/mol. The lowest BCUT2D eigenvalue weighted by atomic mass is 10.1. The Hall–Kier alpha value is -0.870. The lowest BCUT2D eigenvalue weighted by Crippen LogP contribution is -2.01. The molecule has 1 aromatic heterocycles. The average Bonchev–Trinajstić information content (AvgIpc) is 2.51. The van der Waals surface area contributed by atoms with Crippen LogP contribution in [0, 0.1) is 0 Å². The van der Waals surface area contributed by atoms with Crippen LogP contribution < -0.4 is 0 Å². The standard InChI is InChI=1S/C8H10O3S/c9-7(1-2-8(10)11)6-3-4-12-5-6/h3-5,7,9H,1-2H2,(H,10,11). The third-order valence-electron chi connectivity index (χ3n) is 1.56. The Balaban J connectivity index is 2.39. The van der Waals surface area contributed by atoms with Gasteiger partial charge in [0.1, 0.15) is 0 Å². The van der Waals surface area contributed by atoms with Gasteiger partial charge in [-0.25, -0.2) is 0 Å². The molecule has 0 fully saturated rings. The summed E-state index contributed by atoms with van der Waals surface area (Å²) in [5, 5.41) is 21.4. The van der Waals surface area contributed by atoms with E-state index in [4.69, 9.17) is 5.11 Å². The smallest absolute Gasteiger partial charge is 0.303 e. The summed E-state index contributed by atoms with van der Waals surface area (Å²) < 4.78 is 0. The maximum Gasteiger partial charge on any atom is 0.303 e. The van der Waals surface area contributed by atoms with Crippen molar-refractivity contribution < 1.29 is 15.0 Å². The molecule has 1 heterocycles. The monoisotopic (exact) mass is 186 g/mol. The van der Waals surface area contributed by atoms with Crippen molar-refractivity contribution in [1.82, 2.24) is 0 Å². The van der Waals surface area contributed by atoms with Gasteiger partial charge in [0.25, 0.3) is 0 Å². The van der Waals surface area contributed by atoms with E-state index in [1.54, 1.807) is 6.07 Å². The summed E-state index contributed by atoms with van der Waals surface area (Å²) in [7, 11) is 0. The second-order valence-corrected chi connectivity index (χ2v) is 3.28. The van der Waals surface area contributed by atoms with Gasteiger partial charge in [-0.1, -0.05) is 0 Å². The number of rotatable bonds is 4. The van der Waals surface area contributed by atoms with Crippen LogP contribution in [0.2, 0.25) is 0 Å². The largest absolute Gasteiger partial charge is 0.481 e. The zero-order valence-corrected chi connectivity index (χ0v) is 7.25. The first-order valence-electron chi connectivity index (χ1n) is 3.62. The molecular weight excluding hydrogens is 176 g/mol. The first-order chi connectivity index (χ1) is 5.70. The van der Waals surface area contributed by atoms with Gasteiger partial charge >= 0.3 is 5.97 Å². The van der Waals surface area contributed by atoms with Crippen LogP contribution in [0.4, 0.5) is 0 Å². The molecule has 0 aliphatic heterocycles. The van der Waals surface area contributed by atoms with Crippen molar-refractivity contribution in [3.8, 4) is 0 Å². The number of carbonyl (C=O) groups is 1. The maximum atomic E-state index is 10.2. The van der Waals surface area contributed by atoms with Crippen LogP contribution in [0.1, 0.15) is 24.5 Å². The van der Waals surface area contributed by atoms with Crippen molar-refractivity contribution in [1.29, 1.82) is 0 Å². The Morgan fingerprint density at radius 1 is 1.67 bits per heavy atom. The number of hydrogen-bond acceptors (Lipinski definition) is 3. The highest BCUT2D eigenvalue weighted by Crippen LogP contribution is 2.20. The third kappa shape index (κ3) is 2.64. The lowest BCUT2D eigenvalue weighted by molar-refractivity contribution is -0.137. The van der Waals surface area contributed by atoms with E-state index >= 15 is 0 Å². The topological polar surface area (TPSA) is 57.5 Å². The van der Waals surface area contributed by atoms with Crippen molar-refractivity contribution in [2.45, 2.75) is 18.9 Å². The minimum atomic E-state index is -0.871. The zero-order chi connectivity index (χ0) is 8.97. The van der Waals surface area contributed by atoms with Crippen molar-refractivity contribution in [2.75, 3.05) is 0 Å². The molecule has 0 saturated heterocycles. The summed E-state index contributed by atoms with van der Waals surface area (Å²) in [5.41, 5.74) is 0.807. The van der Waals surface area contributed by atoms with Crippen LogP contribution in [-0.2, 0) is 4.79 Å². The Morgan fingerprint density at radius 2 is 2.42 bits per heavy atom. The summed E-state index contributed by atoms with van der Waals surface area (Å²) in [4.78, 5) is 10.2. The third-order valence-corrected chi connectivity index (χ3v) is 2.26. The molecule has 0 spiro atoms. The Bertz CT molecular complexity index is 243. The summed E-state index contributed by atoms with van der Waals surface area (Å²) >= 11 is 1.49. The number of aliphatic hydroxyl groups is 1. The van der Waals surface area contributed by atoms with E-state index in [2.05, 4.69) is 0 Å². The summed E-state index contributed by atoms with van der Waals surface area (Å²) in [6.45, 7) is 0. The first kappa shape index (κ1) is 9.22. The molecule has 3 nitrogen and oxygen atoms in total. The molecule has 0 aliphatic rings. The summed E-state index contributed by atoms with van der Waals surface area (Å²) in [5.74, 6) is -0.871. The normalized spacial score (nSPS) is 12.8. The fourth-order valence-corrected chi connectivity index (χ4v) is 1.60. The highest BCUT2D eigenvalue weighted by Gasteiger charge is 2.09. The Morgan fingerprint density at radius 3 is 2.92 bits per heavy atom. The molecule has 1 aromatic rings. The van der Waals surface area contributed by atoms with Crippen molar-refractivity contribution in [3.63, 3.8) is 0 Å². The van der Waals surface area contributed by atoms with Gasteiger partial charge in [0, 0.05) is 6.42 Å². The molecule has 0 aliphatic carbocycles. The molecular formula is C8H10O3S. The molecule has 1 unspecified atom stereocenters. The van der Waals surface area contributed by atoms with E-state index in [0.717, 1.165) is 5.56 Å². The molecule has 0 radical (unpaired) electrons. The van der Waals surface area contributed by atoms with Crippen LogP contribution in [0.25, 0.3) is 0 Å². The number of thiophene rings is 1. The SMILES string of the molecule is O=C(O)CCC(O)c1ccsc1. The lowest BCUT2D eigenvalue weighted by Gasteiger charge is -2.05. The van der Waals surface area contributed by atoms with E-state index in [9.17, 15) is 9.90 Å².